The molecule has 19 heavy (non-hydrogen) atoms. The maximum Gasteiger partial charge on any atom is 0.231 e. The minimum atomic E-state index is -0.226. The summed E-state index contributed by atoms with van der Waals surface area (Å²) in [6.07, 6.45) is 3.62. The lowest BCUT2D eigenvalue weighted by Crippen LogP contribution is -2.32. The first-order valence-electron chi connectivity index (χ1n) is 6.01. The number of hydrogen-bond acceptors (Lipinski definition) is 5. The summed E-state index contributed by atoms with van der Waals surface area (Å²) in [7, 11) is 0. The minimum absolute atomic E-state index is 0.168. The van der Waals surface area contributed by atoms with Crippen molar-refractivity contribution in [3.8, 4) is 6.07 Å². The summed E-state index contributed by atoms with van der Waals surface area (Å²) in [5.74, 6) is 6.33. The van der Waals surface area contributed by atoms with Crippen molar-refractivity contribution in [1.82, 2.24) is 0 Å². The largest absolute Gasteiger partial charge is 0.282 e. The lowest BCUT2D eigenvalue weighted by molar-refractivity contribution is -0.107. The Kier molecular flexibility index (Phi) is 4.25. The first kappa shape index (κ1) is 13.7. The highest BCUT2D eigenvalue weighted by molar-refractivity contribution is 8.13. The Bertz CT molecular complexity index is 544. The molecule has 1 aromatic rings. The molecule has 1 saturated carbocycles. The number of nitrogens with two attached hydrogens (primary N) is 1. The van der Waals surface area contributed by atoms with Crippen molar-refractivity contribution >= 4 is 22.6 Å². The highest BCUT2D eigenvalue weighted by Crippen LogP contribution is 2.40. The molecule has 0 spiro atoms. The molecule has 1 fully saturated rings. The standard InChI is InChI=1S/C14H15N3OS/c1-19-14(18)12(9-15)13(10-7-8-10)17(16)11-5-3-2-4-6-11/h2-6,10H,7-8,16H2,1H3/b13-12+. The number of hydrazine groups is 1. The number of nitrogens with zero attached hydrogens (tertiary/aromatic N) is 2. The Labute approximate surface area is 116 Å². The quantitative estimate of drug-likeness (QED) is 0.395. The Balaban J connectivity index is 2.43. The van der Waals surface area contributed by atoms with Crippen molar-refractivity contribution < 1.29 is 4.79 Å². The van der Waals surface area contributed by atoms with Crippen LogP contribution < -0.4 is 10.9 Å². The normalized spacial score (nSPS) is 15.4. The van der Waals surface area contributed by atoms with Crippen molar-refractivity contribution in [2.75, 3.05) is 11.3 Å². The van der Waals surface area contributed by atoms with Crippen LogP contribution in [-0.2, 0) is 4.79 Å². The number of carbonyl (C=O) groups excluding carboxylic acids is 1. The first-order chi connectivity index (χ1) is 9.19. The van der Waals surface area contributed by atoms with Crippen molar-refractivity contribution in [3.63, 3.8) is 0 Å². The molecule has 0 unspecified atom stereocenters. The van der Waals surface area contributed by atoms with E-state index in [1.807, 2.05) is 36.4 Å². The fourth-order valence-corrected chi connectivity index (χ4v) is 2.27. The monoisotopic (exact) mass is 273 g/mol. The molecule has 98 valence electrons. The molecule has 0 amide bonds. The number of rotatable bonds is 4. The molecular formula is C14H15N3OS. The average molecular weight is 273 g/mol. The van der Waals surface area contributed by atoms with Crippen molar-refractivity contribution in [2.45, 2.75) is 12.8 Å². The SMILES string of the molecule is CSC(=O)/C(C#N)=C(\C1CC1)N(N)c1ccccc1. The maximum absolute atomic E-state index is 11.9. The lowest BCUT2D eigenvalue weighted by Gasteiger charge is -2.23. The van der Waals surface area contributed by atoms with E-state index in [1.54, 1.807) is 6.26 Å². The van der Waals surface area contributed by atoms with Crippen LogP contribution in [0.1, 0.15) is 12.8 Å². The highest BCUT2D eigenvalue weighted by atomic mass is 32.2. The van der Waals surface area contributed by atoms with E-state index in [0.29, 0.717) is 5.70 Å². The molecule has 4 nitrogen and oxygen atoms in total. The van der Waals surface area contributed by atoms with Crippen LogP contribution in [0.3, 0.4) is 0 Å². The number of nitriles is 1. The molecular weight excluding hydrogens is 258 g/mol. The van der Waals surface area contributed by atoms with Gasteiger partial charge in [0.05, 0.1) is 11.4 Å². The molecule has 1 aromatic carbocycles. The van der Waals surface area contributed by atoms with Crippen LogP contribution in [0.4, 0.5) is 5.69 Å². The van der Waals surface area contributed by atoms with Gasteiger partial charge in [0.25, 0.3) is 0 Å². The number of hydrogen-bond donors (Lipinski definition) is 1. The maximum atomic E-state index is 11.9. The van der Waals surface area contributed by atoms with Crippen LogP contribution in [-0.4, -0.2) is 11.4 Å². The van der Waals surface area contributed by atoms with Gasteiger partial charge in [-0.05, 0) is 31.2 Å². The second-order valence-electron chi connectivity index (χ2n) is 4.34. The summed E-state index contributed by atoms with van der Waals surface area (Å²) in [5, 5.41) is 10.5. The molecule has 0 radical (unpaired) electrons. The molecule has 1 aliphatic rings. The van der Waals surface area contributed by atoms with Crippen LogP contribution in [0.25, 0.3) is 0 Å². The summed E-state index contributed by atoms with van der Waals surface area (Å²) >= 11 is 1.04. The van der Waals surface area contributed by atoms with Gasteiger partial charge in [-0.1, -0.05) is 30.0 Å². The average Bonchev–Trinajstić information content (AvgIpc) is 3.28. The predicted octanol–water partition coefficient (Wildman–Crippen LogP) is 2.44. The van der Waals surface area contributed by atoms with Crippen LogP contribution in [0.2, 0.25) is 0 Å². The molecule has 0 bridgehead atoms. The molecule has 2 rings (SSSR count). The smallest absolute Gasteiger partial charge is 0.231 e. The molecule has 0 saturated heterocycles. The fraction of sp³-hybridized carbons (Fsp3) is 0.286. The third-order valence-corrected chi connectivity index (χ3v) is 3.59. The molecule has 0 aliphatic heterocycles. The van der Waals surface area contributed by atoms with E-state index in [1.165, 1.54) is 5.01 Å². The summed E-state index contributed by atoms with van der Waals surface area (Å²) in [5.41, 5.74) is 1.60. The number of benzene rings is 1. The molecule has 0 heterocycles. The summed E-state index contributed by atoms with van der Waals surface area (Å²) in [4.78, 5) is 11.9. The molecule has 5 heteroatoms. The van der Waals surface area contributed by atoms with Crippen molar-refractivity contribution in [2.24, 2.45) is 11.8 Å². The van der Waals surface area contributed by atoms with E-state index in [-0.39, 0.29) is 16.6 Å². The van der Waals surface area contributed by atoms with Crippen molar-refractivity contribution in [1.29, 1.82) is 5.26 Å². The zero-order valence-corrected chi connectivity index (χ0v) is 11.5. The predicted molar refractivity (Wildman–Crippen MR) is 77.0 cm³/mol. The Morgan fingerprint density at radius 1 is 1.42 bits per heavy atom. The Hall–Kier alpha value is -1.77. The van der Waals surface area contributed by atoms with Gasteiger partial charge in [-0.2, -0.15) is 5.26 Å². The zero-order chi connectivity index (χ0) is 13.8. The second-order valence-corrected chi connectivity index (χ2v) is 5.12. The summed E-state index contributed by atoms with van der Waals surface area (Å²) in [6.45, 7) is 0. The summed E-state index contributed by atoms with van der Waals surface area (Å²) < 4.78 is 0. The molecule has 1 aliphatic carbocycles. The molecule has 2 N–H and O–H groups in total. The van der Waals surface area contributed by atoms with Gasteiger partial charge in [0.15, 0.2) is 0 Å². The fourth-order valence-electron chi connectivity index (χ4n) is 1.92. The van der Waals surface area contributed by atoms with Crippen LogP contribution in [0.15, 0.2) is 41.6 Å². The number of anilines is 1. The first-order valence-corrected chi connectivity index (χ1v) is 7.24. The third kappa shape index (κ3) is 2.98. The minimum Gasteiger partial charge on any atom is -0.282 e. The van der Waals surface area contributed by atoms with Gasteiger partial charge >= 0.3 is 0 Å². The summed E-state index contributed by atoms with van der Waals surface area (Å²) in [6, 6.07) is 11.4. The number of para-hydroxylation sites is 1. The van der Waals surface area contributed by atoms with Crippen molar-refractivity contribution in [3.05, 3.63) is 41.6 Å². The number of thioether (sulfide) groups is 1. The number of carbonyl (C=O) groups is 1. The van der Waals surface area contributed by atoms with Gasteiger partial charge in [0, 0.05) is 5.92 Å². The van der Waals surface area contributed by atoms with Gasteiger partial charge in [0.2, 0.25) is 5.12 Å². The second kappa shape index (κ2) is 5.91. The van der Waals surface area contributed by atoms with E-state index in [0.717, 1.165) is 30.3 Å². The third-order valence-electron chi connectivity index (χ3n) is 3.02. The Morgan fingerprint density at radius 3 is 2.53 bits per heavy atom. The van der Waals surface area contributed by atoms with Gasteiger partial charge < -0.3 is 0 Å². The highest BCUT2D eigenvalue weighted by Gasteiger charge is 2.34. The van der Waals surface area contributed by atoms with Gasteiger partial charge in [0.1, 0.15) is 11.6 Å². The van der Waals surface area contributed by atoms with Crippen LogP contribution in [0.5, 0.6) is 0 Å². The van der Waals surface area contributed by atoms with E-state index in [9.17, 15) is 10.1 Å². The van der Waals surface area contributed by atoms with E-state index >= 15 is 0 Å². The topological polar surface area (TPSA) is 70.1 Å². The van der Waals surface area contributed by atoms with Gasteiger partial charge in [-0.15, -0.1) is 0 Å². The van der Waals surface area contributed by atoms with Crippen LogP contribution >= 0.6 is 11.8 Å². The number of allylic oxidation sites excluding steroid dienone is 1. The van der Waals surface area contributed by atoms with E-state index in [4.69, 9.17) is 5.84 Å². The van der Waals surface area contributed by atoms with Crippen LogP contribution in [0, 0.1) is 17.2 Å². The Morgan fingerprint density at radius 2 is 2.05 bits per heavy atom. The van der Waals surface area contributed by atoms with Gasteiger partial charge in [-0.3, -0.25) is 9.80 Å². The zero-order valence-electron chi connectivity index (χ0n) is 10.7. The lowest BCUT2D eigenvalue weighted by atomic mass is 10.1. The van der Waals surface area contributed by atoms with E-state index in [2.05, 4.69) is 0 Å². The van der Waals surface area contributed by atoms with E-state index < -0.39 is 0 Å². The molecule has 0 aromatic heterocycles. The molecule has 0 atom stereocenters. The van der Waals surface area contributed by atoms with Gasteiger partial charge in [-0.25, -0.2) is 5.84 Å².